The molecular weight excluding hydrogens is 595 g/mol. The molecule has 0 saturated heterocycles. The van der Waals surface area contributed by atoms with Crippen LogP contribution >= 0.6 is 11.3 Å². The van der Waals surface area contributed by atoms with Crippen LogP contribution in [0.5, 0.6) is 0 Å². The summed E-state index contributed by atoms with van der Waals surface area (Å²) in [6.07, 6.45) is 0. The van der Waals surface area contributed by atoms with Crippen molar-refractivity contribution in [1.82, 2.24) is 24.9 Å². The zero-order chi connectivity index (χ0) is 31.2. The third-order valence-corrected chi connectivity index (χ3v) is 9.56. The molecule has 0 bridgehead atoms. The van der Waals surface area contributed by atoms with Crippen LogP contribution in [-0.2, 0) is 0 Å². The van der Waals surface area contributed by atoms with E-state index >= 15 is 0 Å². The van der Waals surface area contributed by atoms with Gasteiger partial charge in [0.05, 0.1) is 11.2 Å². The number of hydrogen-bond acceptors (Lipinski definition) is 6. The summed E-state index contributed by atoms with van der Waals surface area (Å²) in [6, 6.07) is 51.5. The second-order valence-electron chi connectivity index (χ2n) is 11.3. The van der Waals surface area contributed by atoms with Crippen LogP contribution < -0.4 is 0 Å². The van der Waals surface area contributed by atoms with Crippen LogP contribution in [0.15, 0.2) is 152 Å². The third-order valence-electron chi connectivity index (χ3n) is 8.35. The quantitative estimate of drug-likeness (QED) is 0.192. The summed E-state index contributed by atoms with van der Waals surface area (Å²) < 4.78 is 2.28. The van der Waals surface area contributed by atoms with Gasteiger partial charge in [0, 0.05) is 53.4 Å². The van der Waals surface area contributed by atoms with Gasteiger partial charge in [-0.25, -0.2) is 24.9 Å². The van der Waals surface area contributed by atoms with Crippen LogP contribution in [0.4, 0.5) is 0 Å². The molecule has 0 aliphatic carbocycles. The Morgan fingerprint density at radius 1 is 0.362 bits per heavy atom. The summed E-state index contributed by atoms with van der Waals surface area (Å²) in [5.41, 5.74) is 6.77. The van der Waals surface area contributed by atoms with Crippen LogP contribution in [-0.4, -0.2) is 24.9 Å². The second kappa shape index (κ2) is 11.4. The summed E-state index contributed by atoms with van der Waals surface area (Å²) in [5, 5.41) is 3.27. The molecule has 0 spiro atoms. The van der Waals surface area contributed by atoms with E-state index < -0.39 is 0 Å². The monoisotopic (exact) mass is 619 g/mol. The van der Waals surface area contributed by atoms with E-state index in [1.54, 1.807) is 11.3 Å². The van der Waals surface area contributed by atoms with Gasteiger partial charge in [-0.05, 0) is 18.2 Å². The maximum absolute atomic E-state index is 5.20. The molecule has 0 radical (unpaired) electrons. The molecule has 0 aliphatic rings. The fourth-order valence-electron chi connectivity index (χ4n) is 6.15. The predicted molar refractivity (Wildman–Crippen MR) is 193 cm³/mol. The number of rotatable bonds is 5. The Balaban J connectivity index is 1.27. The average Bonchev–Trinajstić information content (AvgIpc) is 3.54. The number of fused-ring (bicyclic) bond motifs is 4. The van der Waals surface area contributed by atoms with E-state index in [9.17, 15) is 0 Å². The van der Waals surface area contributed by atoms with Gasteiger partial charge >= 0.3 is 0 Å². The molecule has 5 nitrogen and oxygen atoms in total. The standard InChI is InChI=1S/C41H25N5S/c1-4-14-26(15-5-1)36-29-20-10-11-24-33(29)42-41(43-36)32-23-12-21-30-35-31(22-13-25-34(35)47-37(30)32)40-45-38(27-16-6-2-7-17-27)44-39(46-40)28-18-8-3-9-19-28/h1-25H. The minimum atomic E-state index is 0.640. The molecule has 9 aromatic rings. The van der Waals surface area contributed by atoms with Crippen molar-refractivity contribution < 1.29 is 0 Å². The molecular formula is C41H25N5S. The maximum atomic E-state index is 5.20. The number of para-hydroxylation sites is 1. The topological polar surface area (TPSA) is 64.5 Å². The number of benzene rings is 6. The minimum absolute atomic E-state index is 0.640. The zero-order valence-corrected chi connectivity index (χ0v) is 25.9. The molecule has 0 unspecified atom stereocenters. The maximum Gasteiger partial charge on any atom is 0.164 e. The van der Waals surface area contributed by atoms with E-state index in [4.69, 9.17) is 24.9 Å². The van der Waals surface area contributed by atoms with Gasteiger partial charge in [0.15, 0.2) is 23.3 Å². The Morgan fingerprint density at radius 2 is 0.894 bits per heavy atom. The van der Waals surface area contributed by atoms with Gasteiger partial charge in [-0.2, -0.15) is 0 Å². The summed E-state index contributed by atoms with van der Waals surface area (Å²) in [6.45, 7) is 0. The summed E-state index contributed by atoms with van der Waals surface area (Å²) in [4.78, 5) is 25.3. The van der Waals surface area contributed by atoms with Gasteiger partial charge in [-0.3, -0.25) is 0 Å². The SMILES string of the molecule is c1ccc(-c2nc(-c3ccccc3)nc(-c3cccc4sc5c(-c6nc(-c7ccccc7)c7ccccc7n6)cccc5c34)n2)cc1. The van der Waals surface area contributed by atoms with Crippen molar-refractivity contribution in [2.45, 2.75) is 0 Å². The first-order chi connectivity index (χ1) is 23.3. The highest BCUT2D eigenvalue weighted by molar-refractivity contribution is 7.26. The molecule has 0 amide bonds. The highest BCUT2D eigenvalue weighted by atomic mass is 32.1. The van der Waals surface area contributed by atoms with E-state index in [0.717, 1.165) is 64.6 Å². The molecule has 6 heteroatoms. The smallest absolute Gasteiger partial charge is 0.164 e. The normalized spacial score (nSPS) is 11.4. The van der Waals surface area contributed by atoms with E-state index in [1.807, 2.05) is 91.0 Å². The van der Waals surface area contributed by atoms with E-state index in [2.05, 4.69) is 60.7 Å². The fourth-order valence-corrected chi connectivity index (χ4v) is 7.39. The van der Waals surface area contributed by atoms with Gasteiger partial charge in [-0.1, -0.05) is 133 Å². The first kappa shape index (κ1) is 27.2. The van der Waals surface area contributed by atoms with Gasteiger partial charge in [0.25, 0.3) is 0 Å². The van der Waals surface area contributed by atoms with Gasteiger partial charge < -0.3 is 0 Å². The van der Waals surface area contributed by atoms with Gasteiger partial charge in [-0.15, -0.1) is 11.3 Å². The Hall–Kier alpha value is -6.11. The average molecular weight is 620 g/mol. The summed E-state index contributed by atoms with van der Waals surface area (Å²) >= 11 is 1.75. The first-order valence-electron chi connectivity index (χ1n) is 15.4. The highest BCUT2D eigenvalue weighted by Crippen LogP contribution is 2.43. The third kappa shape index (κ3) is 4.83. The minimum Gasteiger partial charge on any atom is -0.228 e. The molecule has 0 N–H and O–H groups in total. The van der Waals surface area contributed by atoms with Crippen molar-refractivity contribution in [3.05, 3.63) is 152 Å². The van der Waals surface area contributed by atoms with Crippen LogP contribution in [0.25, 0.3) is 87.9 Å². The molecule has 0 fully saturated rings. The molecule has 220 valence electrons. The number of thiophene rings is 1. The summed E-state index contributed by atoms with van der Waals surface area (Å²) in [7, 11) is 0. The highest BCUT2D eigenvalue weighted by Gasteiger charge is 2.20. The van der Waals surface area contributed by atoms with Crippen molar-refractivity contribution in [3.63, 3.8) is 0 Å². The second-order valence-corrected chi connectivity index (χ2v) is 12.3. The molecule has 0 aliphatic heterocycles. The van der Waals surface area contributed by atoms with Crippen LogP contribution in [0.1, 0.15) is 0 Å². The Bertz CT molecular complexity index is 2510. The number of nitrogens with zero attached hydrogens (tertiary/aromatic N) is 5. The van der Waals surface area contributed by atoms with Gasteiger partial charge in [0.1, 0.15) is 0 Å². The van der Waals surface area contributed by atoms with E-state index in [-0.39, 0.29) is 0 Å². The van der Waals surface area contributed by atoms with E-state index in [1.165, 1.54) is 0 Å². The lowest BCUT2D eigenvalue weighted by atomic mass is 10.0. The lowest BCUT2D eigenvalue weighted by Crippen LogP contribution is -2.00. The molecule has 47 heavy (non-hydrogen) atoms. The number of aromatic nitrogens is 5. The van der Waals surface area contributed by atoms with Crippen molar-refractivity contribution in [2.24, 2.45) is 0 Å². The summed E-state index contributed by atoms with van der Waals surface area (Å²) in [5.74, 6) is 2.63. The first-order valence-corrected chi connectivity index (χ1v) is 16.3. The lowest BCUT2D eigenvalue weighted by Gasteiger charge is -2.10. The van der Waals surface area contributed by atoms with Crippen LogP contribution in [0.2, 0.25) is 0 Å². The van der Waals surface area contributed by atoms with Crippen molar-refractivity contribution in [3.8, 4) is 56.8 Å². The van der Waals surface area contributed by atoms with Gasteiger partial charge in [0.2, 0.25) is 0 Å². The lowest BCUT2D eigenvalue weighted by molar-refractivity contribution is 1.08. The van der Waals surface area contributed by atoms with Crippen molar-refractivity contribution in [1.29, 1.82) is 0 Å². The van der Waals surface area contributed by atoms with Crippen LogP contribution in [0.3, 0.4) is 0 Å². The Morgan fingerprint density at radius 3 is 1.60 bits per heavy atom. The molecule has 3 heterocycles. The molecule has 3 aromatic heterocycles. The zero-order valence-electron chi connectivity index (χ0n) is 25.1. The molecule has 0 atom stereocenters. The van der Waals surface area contributed by atoms with Crippen molar-refractivity contribution >= 4 is 42.4 Å². The molecule has 0 saturated carbocycles. The fraction of sp³-hybridized carbons (Fsp3) is 0. The predicted octanol–water partition coefficient (Wildman–Crippen LogP) is 10.5. The largest absolute Gasteiger partial charge is 0.228 e. The van der Waals surface area contributed by atoms with Crippen molar-refractivity contribution in [2.75, 3.05) is 0 Å². The Kier molecular flexibility index (Phi) is 6.58. The van der Waals surface area contributed by atoms with Crippen LogP contribution in [0, 0.1) is 0 Å². The van der Waals surface area contributed by atoms with E-state index in [0.29, 0.717) is 23.3 Å². The Labute approximate surface area is 275 Å². The molecule has 9 rings (SSSR count). The molecule has 6 aromatic carbocycles. The number of hydrogen-bond donors (Lipinski definition) is 0.